The highest BCUT2D eigenvalue weighted by Crippen LogP contribution is 2.19. The van der Waals surface area contributed by atoms with Gasteiger partial charge in [0.15, 0.2) is 0 Å². The second-order valence-corrected chi connectivity index (χ2v) is 4.64. The van der Waals surface area contributed by atoms with Crippen molar-refractivity contribution in [1.82, 2.24) is 5.32 Å². The van der Waals surface area contributed by atoms with Gasteiger partial charge < -0.3 is 10.1 Å². The summed E-state index contributed by atoms with van der Waals surface area (Å²) in [6, 6.07) is 0. The van der Waals surface area contributed by atoms with Gasteiger partial charge in [0.1, 0.15) is 0 Å². The fraction of sp³-hybridized carbons (Fsp3) is 0.917. The number of carbonyl (C=O) groups excluding carboxylic acids is 1. The largest absolute Gasteiger partial charge is 0.381 e. The van der Waals surface area contributed by atoms with Crippen LogP contribution in [0, 0.1) is 11.8 Å². The molecule has 0 atom stereocenters. The van der Waals surface area contributed by atoms with E-state index in [9.17, 15) is 4.79 Å². The minimum atomic E-state index is 0.105. The second kappa shape index (κ2) is 6.83. The minimum Gasteiger partial charge on any atom is -0.381 e. The fourth-order valence-corrected chi connectivity index (χ4v) is 1.84. The van der Waals surface area contributed by atoms with Crippen molar-refractivity contribution >= 4 is 5.91 Å². The van der Waals surface area contributed by atoms with Gasteiger partial charge in [0.2, 0.25) is 5.91 Å². The van der Waals surface area contributed by atoms with Gasteiger partial charge in [-0.2, -0.15) is 0 Å². The number of hydrogen-bond acceptors (Lipinski definition) is 2. The quantitative estimate of drug-likeness (QED) is 0.709. The normalized spacial score (nSPS) is 18.1. The molecule has 3 heteroatoms. The molecule has 1 fully saturated rings. The van der Waals surface area contributed by atoms with Gasteiger partial charge in [-0.05, 0) is 31.6 Å². The minimum absolute atomic E-state index is 0.105. The standard InChI is InChI=1S/C12H23NO2/c1-10(2)12(14)13-7-3-4-11-5-8-15-9-6-11/h10-11H,3-9H2,1-2H3,(H,13,14). The molecule has 0 unspecified atom stereocenters. The van der Waals surface area contributed by atoms with Crippen LogP contribution in [0.15, 0.2) is 0 Å². The van der Waals surface area contributed by atoms with Crippen LogP contribution < -0.4 is 5.32 Å². The number of carbonyl (C=O) groups is 1. The molecule has 0 saturated carbocycles. The predicted octanol–water partition coefficient (Wildman–Crippen LogP) is 1.97. The first-order valence-electron chi connectivity index (χ1n) is 6.05. The lowest BCUT2D eigenvalue weighted by Gasteiger charge is -2.21. The van der Waals surface area contributed by atoms with Gasteiger partial charge in [-0.3, -0.25) is 4.79 Å². The molecule has 1 amide bonds. The Bertz CT molecular complexity index is 186. The maximum absolute atomic E-state index is 11.3. The van der Waals surface area contributed by atoms with Crippen molar-refractivity contribution in [3.8, 4) is 0 Å². The Balaban J connectivity index is 1.98. The summed E-state index contributed by atoms with van der Waals surface area (Å²) in [4.78, 5) is 11.3. The monoisotopic (exact) mass is 213 g/mol. The molecule has 0 aromatic heterocycles. The SMILES string of the molecule is CC(C)C(=O)NCCCC1CCOCC1. The molecule has 88 valence electrons. The zero-order valence-corrected chi connectivity index (χ0v) is 9.92. The van der Waals surface area contributed by atoms with Crippen LogP contribution in [-0.4, -0.2) is 25.7 Å². The first-order chi connectivity index (χ1) is 7.20. The van der Waals surface area contributed by atoms with Crippen molar-refractivity contribution in [3.05, 3.63) is 0 Å². The van der Waals surface area contributed by atoms with Crippen molar-refractivity contribution in [3.63, 3.8) is 0 Å². The van der Waals surface area contributed by atoms with E-state index in [0.717, 1.165) is 32.1 Å². The van der Waals surface area contributed by atoms with E-state index in [1.54, 1.807) is 0 Å². The van der Waals surface area contributed by atoms with Crippen LogP contribution in [0.5, 0.6) is 0 Å². The van der Waals surface area contributed by atoms with E-state index >= 15 is 0 Å². The van der Waals surface area contributed by atoms with Gasteiger partial charge >= 0.3 is 0 Å². The van der Waals surface area contributed by atoms with Crippen LogP contribution in [0.4, 0.5) is 0 Å². The van der Waals surface area contributed by atoms with Crippen molar-refractivity contribution < 1.29 is 9.53 Å². The molecule has 0 aliphatic carbocycles. The van der Waals surface area contributed by atoms with E-state index in [4.69, 9.17) is 4.74 Å². The molecule has 0 radical (unpaired) electrons. The lowest BCUT2D eigenvalue weighted by Crippen LogP contribution is -2.29. The molecule has 0 aromatic rings. The molecule has 0 spiro atoms. The number of hydrogen-bond donors (Lipinski definition) is 1. The van der Waals surface area contributed by atoms with Gasteiger partial charge in [-0.1, -0.05) is 13.8 Å². The van der Waals surface area contributed by atoms with E-state index < -0.39 is 0 Å². The van der Waals surface area contributed by atoms with E-state index in [-0.39, 0.29) is 11.8 Å². The molecule has 3 nitrogen and oxygen atoms in total. The van der Waals surface area contributed by atoms with E-state index in [1.165, 1.54) is 19.3 Å². The molecule has 0 bridgehead atoms. The summed E-state index contributed by atoms with van der Waals surface area (Å²) in [5.41, 5.74) is 0. The van der Waals surface area contributed by atoms with Crippen LogP contribution in [0.25, 0.3) is 0 Å². The van der Waals surface area contributed by atoms with Crippen molar-refractivity contribution in [2.75, 3.05) is 19.8 Å². The predicted molar refractivity (Wildman–Crippen MR) is 60.6 cm³/mol. The molecule has 0 aromatic carbocycles. The summed E-state index contributed by atoms with van der Waals surface area (Å²) in [6.45, 7) is 6.52. The third kappa shape index (κ3) is 5.17. The first-order valence-corrected chi connectivity index (χ1v) is 6.05. The van der Waals surface area contributed by atoms with Gasteiger partial charge in [-0.25, -0.2) is 0 Å². The van der Waals surface area contributed by atoms with Crippen molar-refractivity contribution in [2.45, 2.75) is 39.5 Å². The Kier molecular flexibility index (Phi) is 5.69. The Morgan fingerprint density at radius 1 is 1.40 bits per heavy atom. The van der Waals surface area contributed by atoms with Gasteiger partial charge in [0, 0.05) is 25.7 Å². The molecule has 1 heterocycles. The van der Waals surface area contributed by atoms with E-state index in [1.807, 2.05) is 13.8 Å². The summed E-state index contributed by atoms with van der Waals surface area (Å²) in [7, 11) is 0. The van der Waals surface area contributed by atoms with Gasteiger partial charge in [0.25, 0.3) is 0 Å². The lowest BCUT2D eigenvalue weighted by atomic mass is 9.95. The lowest BCUT2D eigenvalue weighted by molar-refractivity contribution is -0.123. The van der Waals surface area contributed by atoms with Crippen molar-refractivity contribution in [1.29, 1.82) is 0 Å². The second-order valence-electron chi connectivity index (χ2n) is 4.64. The third-order valence-electron chi connectivity index (χ3n) is 2.95. The van der Waals surface area contributed by atoms with E-state index in [0.29, 0.717) is 0 Å². The summed E-state index contributed by atoms with van der Waals surface area (Å²) >= 11 is 0. The number of ether oxygens (including phenoxy) is 1. The van der Waals surface area contributed by atoms with Gasteiger partial charge in [-0.15, -0.1) is 0 Å². The fourth-order valence-electron chi connectivity index (χ4n) is 1.84. The molecular weight excluding hydrogens is 190 g/mol. The Hall–Kier alpha value is -0.570. The highest BCUT2D eigenvalue weighted by Gasteiger charge is 2.13. The molecule has 15 heavy (non-hydrogen) atoms. The molecule has 1 aliphatic rings. The summed E-state index contributed by atoms with van der Waals surface area (Å²) in [5.74, 6) is 1.09. The summed E-state index contributed by atoms with van der Waals surface area (Å²) in [5, 5.41) is 2.95. The Labute approximate surface area is 92.6 Å². The number of rotatable bonds is 5. The Morgan fingerprint density at radius 3 is 2.67 bits per heavy atom. The third-order valence-corrected chi connectivity index (χ3v) is 2.95. The summed E-state index contributed by atoms with van der Waals surface area (Å²) < 4.78 is 5.31. The van der Waals surface area contributed by atoms with Crippen molar-refractivity contribution in [2.24, 2.45) is 11.8 Å². The van der Waals surface area contributed by atoms with Gasteiger partial charge in [0.05, 0.1) is 0 Å². The first kappa shape index (κ1) is 12.5. The molecule has 1 N–H and O–H groups in total. The number of nitrogens with one attached hydrogen (secondary N) is 1. The van der Waals surface area contributed by atoms with Crippen LogP contribution in [-0.2, 0) is 9.53 Å². The smallest absolute Gasteiger partial charge is 0.222 e. The zero-order chi connectivity index (χ0) is 11.1. The molecule has 1 saturated heterocycles. The molecular formula is C12H23NO2. The van der Waals surface area contributed by atoms with Crippen LogP contribution in [0.2, 0.25) is 0 Å². The topological polar surface area (TPSA) is 38.3 Å². The molecule has 1 rings (SSSR count). The zero-order valence-electron chi connectivity index (χ0n) is 9.92. The van der Waals surface area contributed by atoms with Crippen LogP contribution >= 0.6 is 0 Å². The average Bonchev–Trinajstić information content (AvgIpc) is 2.25. The van der Waals surface area contributed by atoms with Crippen LogP contribution in [0.1, 0.15) is 39.5 Å². The maximum atomic E-state index is 11.3. The number of amides is 1. The van der Waals surface area contributed by atoms with E-state index in [2.05, 4.69) is 5.32 Å². The summed E-state index contributed by atoms with van der Waals surface area (Å²) in [6.07, 6.45) is 4.71. The Morgan fingerprint density at radius 2 is 2.07 bits per heavy atom. The highest BCUT2D eigenvalue weighted by atomic mass is 16.5. The van der Waals surface area contributed by atoms with Crippen LogP contribution in [0.3, 0.4) is 0 Å². The average molecular weight is 213 g/mol. The highest BCUT2D eigenvalue weighted by molar-refractivity contribution is 5.77. The molecule has 1 aliphatic heterocycles. The maximum Gasteiger partial charge on any atom is 0.222 e.